The Hall–Kier alpha value is -2.55. The van der Waals surface area contributed by atoms with Gasteiger partial charge in [0.15, 0.2) is 6.29 Å². The maximum Gasteiger partial charge on any atom is 0.153 e. The fourth-order valence-electron chi connectivity index (χ4n) is 4.03. The Bertz CT molecular complexity index is 856. The van der Waals surface area contributed by atoms with Crippen LogP contribution in [0.1, 0.15) is 101 Å². The summed E-state index contributed by atoms with van der Waals surface area (Å²) in [6, 6.07) is 14.0. The van der Waals surface area contributed by atoms with Crippen molar-refractivity contribution in [1.82, 2.24) is 0 Å². The number of rotatable bonds is 17. The van der Waals surface area contributed by atoms with Gasteiger partial charge in [-0.15, -0.1) is 0 Å². The van der Waals surface area contributed by atoms with Gasteiger partial charge in [-0.1, -0.05) is 109 Å². The van der Waals surface area contributed by atoms with Gasteiger partial charge >= 0.3 is 0 Å². The molecule has 2 aromatic carbocycles. The molecule has 2 aromatic rings. The molecule has 3 heteroatoms. The van der Waals surface area contributed by atoms with Crippen LogP contribution in [0, 0.1) is 11.8 Å². The van der Waals surface area contributed by atoms with Crippen molar-refractivity contribution >= 4 is 18.4 Å². The Morgan fingerprint density at radius 3 is 1.76 bits per heavy atom. The van der Waals surface area contributed by atoms with Crippen molar-refractivity contribution in [2.24, 2.45) is 11.8 Å². The van der Waals surface area contributed by atoms with E-state index < -0.39 is 0 Å². The first-order chi connectivity index (χ1) is 16.6. The first kappa shape index (κ1) is 27.7. The summed E-state index contributed by atoms with van der Waals surface area (Å²) in [4.78, 5) is 11.9. The first-order valence-electron chi connectivity index (χ1n) is 13.3. The van der Waals surface area contributed by atoms with E-state index in [4.69, 9.17) is 9.47 Å². The summed E-state index contributed by atoms with van der Waals surface area (Å²) < 4.78 is 12.5. The molecule has 0 bridgehead atoms. The van der Waals surface area contributed by atoms with Gasteiger partial charge in [0, 0.05) is 5.56 Å². The summed E-state index contributed by atoms with van der Waals surface area (Å²) in [6.45, 7) is 10.2. The number of ether oxygens (including phenoxy) is 2. The van der Waals surface area contributed by atoms with Crippen molar-refractivity contribution in [3.8, 4) is 11.5 Å². The van der Waals surface area contributed by atoms with Crippen LogP contribution in [-0.4, -0.2) is 19.5 Å². The molecule has 2 rings (SSSR count). The van der Waals surface area contributed by atoms with Gasteiger partial charge in [0.25, 0.3) is 0 Å². The lowest BCUT2D eigenvalue weighted by Gasteiger charge is -2.20. The van der Waals surface area contributed by atoms with Gasteiger partial charge in [0.2, 0.25) is 0 Å². The monoisotopic (exact) mass is 464 g/mol. The van der Waals surface area contributed by atoms with Crippen LogP contribution in [0.5, 0.6) is 11.5 Å². The molecule has 34 heavy (non-hydrogen) atoms. The zero-order valence-electron chi connectivity index (χ0n) is 21.7. The highest BCUT2D eigenvalue weighted by atomic mass is 16.5. The smallest absolute Gasteiger partial charge is 0.153 e. The minimum Gasteiger partial charge on any atom is -0.493 e. The van der Waals surface area contributed by atoms with Gasteiger partial charge in [-0.25, -0.2) is 0 Å². The molecule has 0 saturated carbocycles. The van der Waals surface area contributed by atoms with E-state index in [1.165, 1.54) is 32.1 Å². The van der Waals surface area contributed by atoms with Crippen LogP contribution in [-0.2, 0) is 0 Å². The molecule has 0 spiro atoms. The lowest BCUT2D eigenvalue weighted by Crippen LogP contribution is -2.13. The zero-order chi connectivity index (χ0) is 24.6. The molecule has 0 aromatic heterocycles. The quantitative estimate of drug-likeness (QED) is 0.173. The van der Waals surface area contributed by atoms with E-state index in [9.17, 15) is 4.79 Å². The Balaban J connectivity index is 2.29. The number of benzene rings is 2. The van der Waals surface area contributed by atoms with Crippen molar-refractivity contribution < 1.29 is 14.3 Å². The van der Waals surface area contributed by atoms with Crippen molar-refractivity contribution in [2.45, 2.75) is 79.1 Å². The predicted molar refractivity (Wildman–Crippen MR) is 145 cm³/mol. The molecular weight excluding hydrogens is 420 g/mol. The molecule has 3 nitrogen and oxygen atoms in total. The normalized spacial score (nSPS) is 13.1. The molecule has 186 valence electrons. The van der Waals surface area contributed by atoms with Crippen molar-refractivity contribution in [3.05, 3.63) is 59.2 Å². The molecular formula is C31H44O3. The zero-order valence-corrected chi connectivity index (χ0v) is 21.7. The van der Waals surface area contributed by atoms with Gasteiger partial charge in [-0.05, 0) is 42.4 Å². The molecule has 0 amide bonds. The standard InChI is InChI=1S/C31H44O3/c1-5-9-14-25(7-3)23-33-30-21-29(22-32)31(34-24-26(8-4)15-10-6-2)20-28(30)19-18-27-16-12-11-13-17-27/h11-13,16-22,25-26H,5-10,14-15,23-24H2,1-4H3/b19-18+/t25-,26+/m1/s1. The third-order valence-corrected chi connectivity index (χ3v) is 6.56. The SMILES string of the molecule is CCCC[C@@H](CC)COc1cc(C=O)c(OC[C@@H](CC)CCCC)cc1/C=C/c1ccccc1. The number of hydrogen-bond acceptors (Lipinski definition) is 3. The number of aldehydes is 1. The van der Waals surface area contributed by atoms with Gasteiger partial charge in [-0.2, -0.15) is 0 Å². The van der Waals surface area contributed by atoms with Crippen LogP contribution in [0.3, 0.4) is 0 Å². The summed E-state index contributed by atoms with van der Waals surface area (Å²) in [5, 5.41) is 0. The van der Waals surface area contributed by atoms with E-state index in [0.29, 0.717) is 36.4 Å². The number of carbonyl (C=O) groups is 1. The molecule has 0 aliphatic carbocycles. The van der Waals surface area contributed by atoms with Crippen LogP contribution >= 0.6 is 0 Å². The third-order valence-electron chi connectivity index (χ3n) is 6.56. The third kappa shape index (κ3) is 9.37. The van der Waals surface area contributed by atoms with Gasteiger partial charge in [0.05, 0.1) is 18.8 Å². The van der Waals surface area contributed by atoms with Crippen LogP contribution in [0.4, 0.5) is 0 Å². The van der Waals surface area contributed by atoms with Crippen LogP contribution in [0.25, 0.3) is 12.2 Å². The summed E-state index contributed by atoms with van der Waals surface area (Å²) in [5.74, 6) is 2.41. The van der Waals surface area contributed by atoms with Gasteiger partial charge in [0.1, 0.15) is 11.5 Å². The average Bonchev–Trinajstić information content (AvgIpc) is 2.88. The Morgan fingerprint density at radius 2 is 1.26 bits per heavy atom. The van der Waals surface area contributed by atoms with E-state index in [-0.39, 0.29) is 0 Å². The number of carbonyl (C=O) groups excluding carboxylic acids is 1. The van der Waals surface area contributed by atoms with E-state index in [2.05, 4.69) is 52.0 Å². The lowest BCUT2D eigenvalue weighted by atomic mass is 10.00. The van der Waals surface area contributed by atoms with E-state index in [0.717, 1.165) is 42.4 Å². The Morgan fingerprint density at radius 1 is 0.735 bits per heavy atom. The topological polar surface area (TPSA) is 35.5 Å². The second-order valence-corrected chi connectivity index (χ2v) is 9.24. The highest BCUT2D eigenvalue weighted by Crippen LogP contribution is 2.31. The number of hydrogen-bond donors (Lipinski definition) is 0. The molecule has 0 unspecified atom stereocenters. The van der Waals surface area contributed by atoms with Gasteiger partial charge < -0.3 is 9.47 Å². The first-order valence-corrected chi connectivity index (χ1v) is 13.3. The van der Waals surface area contributed by atoms with E-state index in [1.807, 2.05) is 30.3 Å². The second kappa shape index (κ2) is 16.1. The van der Waals surface area contributed by atoms with E-state index in [1.54, 1.807) is 0 Å². The minimum atomic E-state index is 0.502. The Kier molecular flexibility index (Phi) is 13.1. The average molecular weight is 465 g/mol. The molecule has 0 aliphatic rings. The molecule has 0 heterocycles. The fourth-order valence-corrected chi connectivity index (χ4v) is 4.03. The maximum atomic E-state index is 11.9. The van der Waals surface area contributed by atoms with E-state index >= 15 is 0 Å². The van der Waals surface area contributed by atoms with Crippen LogP contribution in [0.15, 0.2) is 42.5 Å². The van der Waals surface area contributed by atoms with Crippen molar-refractivity contribution in [1.29, 1.82) is 0 Å². The minimum absolute atomic E-state index is 0.502. The number of unbranched alkanes of at least 4 members (excludes halogenated alkanes) is 2. The molecule has 0 radical (unpaired) electrons. The van der Waals surface area contributed by atoms with Crippen LogP contribution < -0.4 is 9.47 Å². The van der Waals surface area contributed by atoms with Gasteiger partial charge in [-0.3, -0.25) is 4.79 Å². The Labute approximate surface area is 207 Å². The molecule has 0 saturated heterocycles. The largest absolute Gasteiger partial charge is 0.493 e. The maximum absolute atomic E-state index is 11.9. The van der Waals surface area contributed by atoms with Crippen molar-refractivity contribution in [2.75, 3.05) is 13.2 Å². The van der Waals surface area contributed by atoms with Crippen molar-refractivity contribution in [3.63, 3.8) is 0 Å². The predicted octanol–water partition coefficient (Wildman–Crippen LogP) is 8.86. The summed E-state index contributed by atoms with van der Waals surface area (Å²) in [6.07, 6.45) is 14.3. The summed E-state index contributed by atoms with van der Waals surface area (Å²) in [5.41, 5.74) is 2.62. The van der Waals surface area contributed by atoms with Crippen LogP contribution in [0.2, 0.25) is 0 Å². The lowest BCUT2D eigenvalue weighted by molar-refractivity contribution is 0.111. The summed E-state index contributed by atoms with van der Waals surface area (Å²) >= 11 is 0. The molecule has 2 atom stereocenters. The fraction of sp³-hybridized carbons (Fsp3) is 0.516. The highest BCUT2D eigenvalue weighted by Gasteiger charge is 2.15. The summed E-state index contributed by atoms with van der Waals surface area (Å²) in [7, 11) is 0. The molecule has 0 fully saturated rings. The highest BCUT2D eigenvalue weighted by molar-refractivity contribution is 5.83. The molecule has 0 aliphatic heterocycles. The molecule has 0 N–H and O–H groups in total. The second-order valence-electron chi connectivity index (χ2n) is 9.24.